The molecule has 0 fully saturated rings. The maximum Gasteiger partial charge on any atom is 0.243 e. The average molecular weight is 284 g/mol. The Morgan fingerprint density at radius 1 is 1.32 bits per heavy atom. The lowest BCUT2D eigenvalue weighted by Gasteiger charge is -2.18. The van der Waals surface area contributed by atoms with Gasteiger partial charge in [-0.3, -0.25) is 4.79 Å². The van der Waals surface area contributed by atoms with Crippen LogP contribution < -0.4 is 5.32 Å². The standard InChI is InChI=1S/C13H20N2O3S/c1-4-11(2)14-13(16)10-15(3)19(17,18)12-8-6-5-7-9-12/h5-9,11H,4,10H2,1-3H3,(H,14,16). The summed E-state index contributed by atoms with van der Waals surface area (Å²) in [6.07, 6.45) is 0.806. The van der Waals surface area contributed by atoms with Crippen LogP contribution in [0.5, 0.6) is 0 Å². The van der Waals surface area contributed by atoms with Gasteiger partial charge in [0, 0.05) is 13.1 Å². The highest BCUT2D eigenvalue weighted by atomic mass is 32.2. The zero-order chi connectivity index (χ0) is 14.5. The van der Waals surface area contributed by atoms with Crippen LogP contribution in [-0.2, 0) is 14.8 Å². The molecule has 0 aliphatic carbocycles. The minimum atomic E-state index is -3.60. The van der Waals surface area contributed by atoms with E-state index in [4.69, 9.17) is 0 Å². The third-order valence-electron chi connectivity index (χ3n) is 2.84. The van der Waals surface area contributed by atoms with Gasteiger partial charge in [-0.1, -0.05) is 25.1 Å². The van der Waals surface area contributed by atoms with Gasteiger partial charge in [0.2, 0.25) is 15.9 Å². The van der Waals surface area contributed by atoms with Crippen molar-refractivity contribution in [3.63, 3.8) is 0 Å². The number of amides is 1. The lowest BCUT2D eigenvalue weighted by molar-refractivity contribution is -0.121. The minimum absolute atomic E-state index is 0.0420. The zero-order valence-electron chi connectivity index (χ0n) is 11.5. The molecule has 0 spiro atoms. The van der Waals surface area contributed by atoms with Crippen LogP contribution in [-0.4, -0.2) is 38.3 Å². The molecule has 1 atom stereocenters. The van der Waals surface area contributed by atoms with Crippen LogP contribution >= 0.6 is 0 Å². The third-order valence-corrected chi connectivity index (χ3v) is 4.66. The number of likely N-dealkylation sites (N-methyl/N-ethyl adjacent to an activating group) is 1. The first-order valence-electron chi connectivity index (χ1n) is 6.18. The molecule has 1 aromatic carbocycles. The molecule has 19 heavy (non-hydrogen) atoms. The molecule has 1 N–H and O–H groups in total. The van der Waals surface area contributed by atoms with Crippen LogP contribution in [0.4, 0.5) is 0 Å². The van der Waals surface area contributed by atoms with Gasteiger partial charge in [0.15, 0.2) is 0 Å². The maximum atomic E-state index is 12.2. The number of carbonyl (C=O) groups is 1. The Morgan fingerprint density at radius 2 is 1.89 bits per heavy atom. The smallest absolute Gasteiger partial charge is 0.243 e. The summed E-state index contributed by atoms with van der Waals surface area (Å²) in [5, 5.41) is 2.74. The molecule has 106 valence electrons. The Morgan fingerprint density at radius 3 is 2.42 bits per heavy atom. The van der Waals surface area contributed by atoms with Crippen molar-refractivity contribution in [3.05, 3.63) is 30.3 Å². The van der Waals surface area contributed by atoms with E-state index in [9.17, 15) is 13.2 Å². The van der Waals surface area contributed by atoms with Crippen LogP contribution in [0.2, 0.25) is 0 Å². The second-order valence-corrected chi connectivity index (χ2v) is 6.50. The Balaban J connectivity index is 2.73. The average Bonchev–Trinajstić information content (AvgIpc) is 2.39. The van der Waals surface area contributed by atoms with Crippen molar-refractivity contribution in [2.24, 2.45) is 0 Å². The summed E-state index contributed by atoms with van der Waals surface area (Å²) in [5.74, 6) is -0.295. The predicted octanol–water partition coefficient (Wildman–Crippen LogP) is 1.22. The van der Waals surface area contributed by atoms with Crippen LogP contribution in [0, 0.1) is 0 Å². The molecule has 0 saturated carbocycles. The molecule has 0 heterocycles. The molecule has 0 radical (unpaired) electrons. The highest BCUT2D eigenvalue weighted by molar-refractivity contribution is 7.89. The van der Waals surface area contributed by atoms with E-state index in [1.54, 1.807) is 18.2 Å². The molecule has 0 bridgehead atoms. The van der Waals surface area contributed by atoms with E-state index in [-0.39, 0.29) is 23.4 Å². The molecule has 6 heteroatoms. The highest BCUT2D eigenvalue weighted by Crippen LogP contribution is 2.12. The molecular formula is C13H20N2O3S. The lowest BCUT2D eigenvalue weighted by Crippen LogP contribution is -2.41. The molecule has 0 aliphatic heterocycles. The van der Waals surface area contributed by atoms with Crippen LogP contribution in [0.25, 0.3) is 0 Å². The second-order valence-electron chi connectivity index (χ2n) is 4.45. The van der Waals surface area contributed by atoms with Crippen molar-refractivity contribution in [1.29, 1.82) is 0 Å². The Kier molecular flexibility index (Phi) is 5.50. The Hall–Kier alpha value is -1.40. The first kappa shape index (κ1) is 15.7. The van der Waals surface area contributed by atoms with Gasteiger partial charge in [0.1, 0.15) is 0 Å². The predicted molar refractivity (Wildman–Crippen MR) is 74.2 cm³/mol. The van der Waals surface area contributed by atoms with Gasteiger partial charge in [-0.15, -0.1) is 0 Å². The van der Waals surface area contributed by atoms with E-state index in [0.29, 0.717) is 0 Å². The van der Waals surface area contributed by atoms with Gasteiger partial charge in [0.25, 0.3) is 0 Å². The van der Waals surface area contributed by atoms with Crippen molar-refractivity contribution in [1.82, 2.24) is 9.62 Å². The summed E-state index contributed by atoms with van der Waals surface area (Å²) in [4.78, 5) is 11.9. The first-order chi connectivity index (χ1) is 8.87. The summed E-state index contributed by atoms with van der Waals surface area (Å²) >= 11 is 0. The molecule has 1 amide bonds. The maximum absolute atomic E-state index is 12.2. The van der Waals surface area contributed by atoms with E-state index in [0.717, 1.165) is 10.7 Å². The van der Waals surface area contributed by atoms with Crippen molar-refractivity contribution in [3.8, 4) is 0 Å². The minimum Gasteiger partial charge on any atom is -0.353 e. The number of rotatable bonds is 6. The van der Waals surface area contributed by atoms with E-state index < -0.39 is 10.0 Å². The molecule has 0 saturated heterocycles. The van der Waals surface area contributed by atoms with Crippen LogP contribution in [0.3, 0.4) is 0 Å². The van der Waals surface area contributed by atoms with Gasteiger partial charge in [-0.05, 0) is 25.5 Å². The van der Waals surface area contributed by atoms with Gasteiger partial charge < -0.3 is 5.32 Å². The summed E-state index contributed by atoms with van der Waals surface area (Å²) < 4.78 is 25.4. The topological polar surface area (TPSA) is 66.5 Å². The van der Waals surface area contributed by atoms with Gasteiger partial charge in [-0.25, -0.2) is 8.42 Å². The van der Waals surface area contributed by atoms with Crippen LogP contribution in [0.1, 0.15) is 20.3 Å². The summed E-state index contributed by atoms with van der Waals surface area (Å²) in [5.41, 5.74) is 0. The number of carbonyl (C=O) groups excluding carboxylic acids is 1. The molecule has 1 aromatic rings. The molecular weight excluding hydrogens is 264 g/mol. The van der Waals surface area contributed by atoms with E-state index >= 15 is 0 Å². The largest absolute Gasteiger partial charge is 0.353 e. The number of hydrogen-bond donors (Lipinski definition) is 1. The Labute approximate surface area is 114 Å². The fraction of sp³-hybridized carbons (Fsp3) is 0.462. The Bertz CT molecular complexity index is 514. The van der Waals surface area contributed by atoms with E-state index in [1.807, 2.05) is 13.8 Å². The highest BCUT2D eigenvalue weighted by Gasteiger charge is 2.22. The SMILES string of the molecule is CCC(C)NC(=O)CN(C)S(=O)(=O)c1ccccc1. The van der Waals surface area contributed by atoms with Crippen molar-refractivity contribution in [2.75, 3.05) is 13.6 Å². The normalized spacial score (nSPS) is 13.3. The van der Waals surface area contributed by atoms with Crippen molar-refractivity contribution >= 4 is 15.9 Å². The van der Waals surface area contributed by atoms with Gasteiger partial charge >= 0.3 is 0 Å². The summed E-state index contributed by atoms with van der Waals surface area (Å²) in [6.45, 7) is 3.65. The van der Waals surface area contributed by atoms with Crippen molar-refractivity contribution in [2.45, 2.75) is 31.2 Å². The number of nitrogens with one attached hydrogen (secondary N) is 1. The molecule has 0 aromatic heterocycles. The van der Waals surface area contributed by atoms with Gasteiger partial charge in [0.05, 0.1) is 11.4 Å². The van der Waals surface area contributed by atoms with Gasteiger partial charge in [-0.2, -0.15) is 4.31 Å². The molecule has 1 rings (SSSR count). The fourth-order valence-corrected chi connectivity index (χ4v) is 2.63. The summed E-state index contributed by atoms with van der Waals surface area (Å²) in [7, 11) is -2.20. The zero-order valence-corrected chi connectivity index (χ0v) is 12.3. The molecule has 1 unspecified atom stereocenters. The molecule has 5 nitrogen and oxygen atoms in total. The second kappa shape index (κ2) is 6.68. The van der Waals surface area contributed by atoms with Crippen LogP contribution in [0.15, 0.2) is 35.2 Å². The number of hydrogen-bond acceptors (Lipinski definition) is 3. The third kappa shape index (κ3) is 4.33. The first-order valence-corrected chi connectivity index (χ1v) is 7.62. The van der Waals surface area contributed by atoms with E-state index in [1.165, 1.54) is 19.2 Å². The number of nitrogens with zero attached hydrogens (tertiary/aromatic N) is 1. The fourth-order valence-electron chi connectivity index (χ4n) is 1.48. The lowest BCUT2D eigenvalue weighted by atomic mass is 10.2. The van der Waals surface area contributed by atoms with E-state index in [2.05, 4.69) is 5.32 Å². The quantitative estimate of drug-likeness (QED) is 0.854. The van der Waals surface area contributed by atoms with Crippen molar-refractivity contribution < 1.29 is 13.2 Å². The number of benzene rings is 1. The monoisotopic (exact) mass is 284 g/mol. The number of sulfonamides is 1. The summed E-state index contributed by atoms with van der Waals surface area (Å²) in [6, 6.07) is 8.12. The molecule has 0 aliphatic rings.